The highest BCUT2D eigenvalue weighted by molar-refractivity contribution is 6.30. The van der Waals surface area contributed by atoms with E-state index < -0.39 is 41.8 Å². The van der Waals surface area contributed by atoms with Gasteiger partial charge in [0.05, 0.1) is 11.8 Å². The van der Waals surface area contributed by atoms with Gasteiger partial charge in [0.25, 0.3) is 11.8 Å². The van der Waals surface area contributed by atoms with Crippen molar-refractivity contribution in [3.8, 4) is 0 Å². The Morgan fingerprint density at radius 1 is 1.02 bits per heavy atom. The fourth-order valence-corrected chi connectivity index (χ4v) is 6.11. The summed E-state index contributed by atoms with van der Waals surface area (Å²) in [5, 5.41) is 9.29. The average molecular weight is 589 g/mol. The molecule has 1 saturated carbocycles. The highest BCUT2D eigenvalue weighted by Crippen LogP contribution is 2.44. The van der Waals surface area contributed by atoms with Gasteiger partial charge in [-0.25, -0.2) is 18.6 Å². The van der Waals surface area contributed by atoms with Crippen molar-refractivity contribution < 1.29 is 23.2 Å². The summed E-state index contributed by atoms with van der Waals surface area (Å²) in [5.74, 6) is -2.03. The minimum Gasteiger partial charge on any atom is -0.319 e. The predicted octanol–water partition coefficient (Wildman–Crippen LogP) is 6.21. The predicted molar refractivity (Wildman–Crippen MR) is 154 cm³/mol. The van der Waals surface area contributed by atoms with Gasteiger partial charge in [0.15, 0.2) is 0 Å². The van der Waals surface area contributed by atoms with Crippen LogP contribution in [0.5, 0.6) is 0 Å². The normalized spacial score (nSPS) is 24.6. The number of carbonyl (C=O) groups is 3. The van der Waals surface area contributed by atoms with Crippen molar-refractivity contribution in [2.24, 2.45) is 11.0 Å². The molecule has 214 valence electrons. The molecule has 1 aliphatic carbocycles. The van der Waals surface area contributed by atoms with Crippen molar-refractivity contribution >= 4 is 41.2 Å². The van der Waals surface area contributed by atoms with E-state index in [0.717, 1.165) is 41.0 Å². The monoisotopic (exact) mass is 588 g/mol. The van der Waals surface area contributed by atoms with E-state index in [4.69, 9.17) is 16.7 Å². The van der Waals surface area contributed by atoms with Crippen LogP contribution in [0.3, 0.4) is 0 Å². The quantitative estimate of drug-likeness (QED) is 0.360. The molecule has 2 fully saturated rings. The van der Waals surface area contributed by atoms with Crippen molar-refractivity contribution in [3.05, 3.63) is 112 Å². The van der Waals surface area contributed by atoms with E-state index in [0.29, 0.717) is 16.1 Å². The highest BCUT2D eigenvalue weighted by atomic mass is 35.5. The Hall–Kier alpha value is -4.37. The Morgan fingerprint density at radius 2 is 1.67 bits per heavy atom. The summed E-state index contributed by atoms with van der Waals surface area (Å²) in [7, 11) is 0. The maximum Gasteiger partial charge on any atom is 0.325 e. The number of fused-ring (bicyclic) bond motifs is 1. The molecule has 10 heteroatoms. The maximum atomic E-state index is 13.9. The second-order valence-corrected chi connectivity index (χ2v) is 11.3. The van der Waals surface area contributed by atoms with Gasteiger partial charge in [-0.05, 0) is 90.9 Å². The van der Waals surface area contributed by atoms with Gasteiger partial charge in [-0.3, -0.25) is 14.5 Å². The summed E-state index contributed by atoms with van der Waals surface area (Å²) in [5.41, 5.74) is 2.31. The third kappa shape index (κ3) is 4.98. The van der Waals surface area contributed by atoms with Crippen LogP contribution in [0.4, 0.5) is 13.6 Å². The molecule has 0 spiro atoms. The number of urea groups is 1. The molecule has 3 aromatic rings. The zero-order valence-corrected chi connectivity index (χ0v) is 23.4. The van der Waals surface area contributed by atoms with E-state index in [2.05, 4.69) is 5.32 Å². The van der Waals surface area contributed by atoms with Gasteiger partial charge < -0.3 is 5.32 Å². The fourth-order valence-electron chi connectivity index (χ4n) is 5.99. The van der Waals surface area contributed by atoms with Gasteiger partial charge in [0.1, 0.15) is 23.7 Å². The Labute approximate surface area is 246 Å². The molecular formula is C32H27ClF2N4O3. The molecule has 3 aliphatic rings. The lowest BCUT2D eigenvalue weighted by molar-refractivity contribution is -0.140. The number of allylic oxidation sites excluding steroid dienone is 1. The lowest BCUT2D eigenvalue weighted by Gasteiger charge is -2.30. The van der Waals surface area contributed by atoms with Gasteiger partial charge in [-0.1, -0.05) is 48.0 Å². The first kappa shape index (κ1) is 27.8. The minimum absolute atomic E-state index is 0.178. The first-order valence-corrected chi connectivity index (χ1v) is 14.0. The van der Waals surface area contributed by atoms with E-state index >= 15 is 0 Å². The molecule has 0 aromatic heterocycles. The number of halogens is 3. The molecule has 0 bridgehead atoms. The topological polar surface area (TPSA) is 82.1 Å². The lowest BCUT2D eigenvalue weighted by atomic mass is 9.77. The minimum atomic E-state index is -1.37. The molecule has 0 unspecified atom stereocenters. The van der Waals surface area contributed by atoms with Crippen molar-refractivity contribution in [2.75, 3.05) is 6.54 Å². The summed E-state index contributed by atoms with van der Waals surface area (Å²) in [6.07, 6.45) is 4.23. The van der Waals surface area contributed by atoms with Crippen molar-refractivity contribution in [1.29, 1.82) is 0 Å². The van der Waals surface area contributed by atoms with Gasteiger partial charge in [0, 0.05) is 10.9 Å². The van der Waals surface area contributed by atoms with Crippen LogP contribution in [0.1, 0.15) is 48.9 Å². The van der Waals surface area contributed by atoms with Gasteiger partial charge in [-0.2, -0.15) is 5.10 Å². The smallest absolute Gasteiger partial charge is 0.319 e. The highest BCUT2D eigenvalue weighted by Gasteiger charge is 2.51. The molecule has 3 atom stereocenters. The third-order valence-corrected chi connectivity index (χ3v) is 8.42. The second kappa shape index (κ2) is 10.8. The Kier molecular flexibility index (Phi) is 7.14. The Balaban J connectivity index is 1.32. The first-order valence-electron chi connectivity index (χ1n) is 13.7. The maximum absolute atomic E-state index is 13.9. The Morgan fingerprint density at radius 3 is 2.33 bits per heavy atom. The molecular weight excluding hydrogens is 562 g/mol. The standard InChI is InChI=1S/C32H27ClF2N4O3/c1-32(22-9-11-23(33)12-10-22)30(41)38(31(42)36-32)18-27(40)39-29(20-7-15-25(35)16-8-20)26-4-2-3-21(28(26)37-39)17-19-5-13-24(34)14-6-19/h5-17,26,29H,2-4,18H2,1H3,(H,36,42)/b21-17-/t26-,29+,32+/m0/s1. The number of amides is 4. The van der Waals surface area contributed by atoms with Crippen LogP contribution in [-0.2, 0) is 15.1 Å². The van der Waals surface area contributed by atoms with Gasteiger partial charge in [-0.15, -0.1) is 0 Å². The van der Waals surface area contributed by atoms with Crippen LogP contribution in [0, 0.1) is 17.6 Å². The molecule has 2 aliphatic heterocycles. The van der Waals surface area contributed by atoms with Crippen LogP contribution in [0.2, 0.25) is 5.02 Å². The zero-order chi connectivity index (χ0) is 29.6. The summed E-state index contributed by atoms with van der Waals surface area (Å²) in [6, 6.07) is 17.4. The van der Waals surface area contributed by atoms with E-state index in [1.165, 1.54) is 29.3 Å². The van der Waals surface area contributed by atoms with Crippen molar-refractivity contribution in [2.45, 2.75) is 37.8 Å². The molecule has 42 heavy (non-hydrogen) atoms. The Bertz CT molecular complexity index is 1620. The summed E-state index contributed by atoms with van der Waals surface area (Å²) in [6.45, 7) is 1.06. The zero-order valence-electron chi connectivity index (χ0n) is 22.7. The van der Waals surface area contributed by atoms with E-state index in [1.54, 1.807) is 55.5 Å². The second-order valence-electron chi connectivity index (χ2n) is 10.9. The number of rotatable bonds is 5. The van der Waals surface area contributed by atoms with E-state index in [-0.39, 0.29) is 11.7 Å². The first-order chi connectivity index (χ1) is 20.1. The van der Waals surface area contributed by atoms with E-state index in [1.807, 2.05) is 6.08 Å². The molecule has 4 amide bonds. The number of hydrazone groups is 1. The molecule has 2 heterocycles. The largest absolute Gasteiger partial charge is 0.325 e. The third-order valence-electron chi connectivity index (χ3n) is 8.17. The van der Waals surface area contributed by atoms with Gasteiger partial charge >= 0.3 is 6.03 Å². The number of carbonyl (C=O) groups excluding carboxylic acids is 3. The molecule has 3 aromatic carbocycles. The number of imide groups is 1. The molecule has 7 nitrogen and oxygen atoms in total. The lowest BCUT2D eigenvalue weighted by Crippen LogP contribution is -2.44. The summed E-state index contributed by atoms with van der Waals surface area (Å²) >= 11 is 6.00. The van der Waals surface area contributed by atoms with Crippen LogP contribution in [-0.4, -0.2) is 40.0 Å². The number of hydrogen-bond acceptors (Lipinski definition) is 4. The van der Waals surface area contributed by atoms with Crippen LogP contribution < -0.4 is 5.32 Å². The van der Waals surface area contributed by atoms with Crippen molar-refractivity contribution in [3.63, 3.8) is 0 Å². The SMILES string of the molecule is C[C@]1(c2ccc(Cl)cc2)NC(=O)N(CC(=O)N2N=C3/C(=C\c4ccc(F)cc4)CCC[C@@H]3[C@H]2c2ccc(F)cc2)C1=O. The molecule has 0 radical (unpaired) electrons. The molecule has 1 saturated heterocycles. The van der Waals surface area contributed by atoms with Crippen LogP contribution >= 0.6 is 11.6 Å². The number of benzene rings is 3. The molecule has 1 N–H and O–H groups in total. The summed E-state index contributed by atoms with van der Waals surface area (Å²) < 4.78 is 27.3. The molecule has 6 rings (SSSR count). The summed E-state index contributed by atoms with van der Waals surface area (Å²) in [4.78, 5) is 41.3. The van der Waals surface area contributed by atoms with Crippen LogP contribution in [0.25, 0.3) is 6.08 Å². The van der Waals surface area contributed by atoms with E-state index in [9.17, 15) is 23.2 Å². The van der Waals surface area contributed by atoms with Gasteiger partial charge in [0.2, 0.25) is 0 Å². The van der Waals surface area contributed by atoms with Crippen molar-refractivity contribution in [1.82, 2.24) is 15.2 Å². The number of hydrogen-bond donors (Lipinski definition) is 1. The number of nitrogens with zero attached hydrogens (tertiary/aromatic N) is 3. The fraction of sp³-hybridized carbons (Fsp3) is 0.250. The van der Waals surface area contributed by atoms with Crippen LogP contribution in [0.15, 0.2) is 83.5 Å². The average Bonchev–Trinajstić information content (AvgIpc) is 3.47. The number of nitrogens with one attached hydrogen (secondary N) is 1.